The molecule has 1 N–H and O–H groups in total. The highest BCUT2D eigenvalue weighted by molar-refractivity contribution is 5.98. The molecule has 2 aliphatic heterocycles. The number of likely N-dealkylation sites (tertiary alicyclic amines) is 2. The van der Waals surface area contributed by atoms with E-state index in [1.807, 2.05) is 17.0 Å². The lowest BCUT2D eigenvalue weighted by Gasteiger charge is -2.23. The van der Waals surface area contributed by atoms with Crippen LogP contribution >= 0.6 is 0 Å². The fourth-order valence-electron chi connectivity index (χ4n) is 3.28. The molecule has 1 amide bonds. The van der Waals surface area contributed by atoms with Gasteiger partial charge in [0.1, 0.15) is 5.82 Å². The zero-order chi connectivity index (χ0) is 13.9. The second-order valence-electron chi connectivity index (χ2n) is 5.59. The molecule has 5 nitrogen and oxygen atoms in total. The first-order chi connectivity index (χ1) is 9.79. The van der Waals surface area contributed by atoms with Crippen LogP contribution in [0.3, 0.4) is 0 Å². The largest absolute Gasteiger partial charge is 0.372 e. The molecule has 2 fully saturated rings. The molecular formula is C15H22N4O. The maximum Gasteiger partial charge on any atom is 0.257 e. The highest BCUT2D eigenvalue weighted by Gasteiger charge is 2.32. The SMILES string of the molecule is CNc1ncccc1C(=O)N1CCC(N2CCCC2)C1. The lowest BCUT2D eigenvalue weighted by atomic mass is 10.2. The summed E-state index contributed by atoms with van der Waals surface area (Å²) in [6, 6.07) is 4.23. The van der Waals surface area contributed by atoms with Crippen molar-refractivity contribution >= 4 is 11.7 Å². The number of carbonyl (C=O) groups is 1. The summed E-state index contributed by atoms with van der Waals surface area (Å²) in [6.07, 6.45) is 5.41. The number of anilines is 1. The van der Waals surface area contributed by atoms with E-state index in [2.05, 4.69) is 15.2 Å². The third-order valence-corrected chi connectivity index (χ3v) is 4.38. The van der Waals surface area contributed by atoms with Crippen LogP contribution in [0.4, 0.5) is 5.82 Å². The van der Waals surface area contributed by atoms with Crippen LogP contribution in [0.5, 0.6) is 0 Å². The van der Waals surface area contributed by atoms with Gasteiger partial charge in [-0.1, -0.05) is 0 Å². The van der Waals surface area contributed by atoms with Crippen molar-refractivity contribution in [3.8, 4) is 0 Å². The third kappa shape index (κ3) is 2.50. The number of hydrogen-bond acceptors (Lipinski definition) is 4. The van der Waals surface area contributed by atoms with Crippen LogP contribution in [0.2, 0.25) is 0 Å². The molecule has 20 heavy (non-hydrogen) atoms. The highest BCUT2D eigenvalue weighted by atomic mass is 16.2. The number of nitrogens with one attached hydrogen (secondary N) is 1. The Bertz CT molecular complexity index is 485. The van der Waals surface area contributed by atoms with E-state index in [0.29, 0.717) is 17.4 Å². The fraction of sp³-hybridized carbons (Fsp3) is 0.600. The van der Waals surface area contributed by atoms with Gasteiger partial charge in [0.15, 0.2) is 0 Å². The van der Waals surface area contributed by atoms with E-state index in [4.69, 9.17) is 0 Å². The first kappa shape index (κ1) is 13.4. The lowest BCUT2D eigenvalue weighted by Crippen LogP contribution is -2.37. The van der Waals surface area contributed by atoms with Crippen LogP contribution in [-0.4, -0.2) is 60.0 Å². The Morgan fingerprint density at radius 3 is 2.90 bits per heavy atom. The summed E-state index contributed by atoms with van der Waals surface area (Å²) in [5.74, 6) is 0.770. The van der Waals surface area contributed by atoms with E-state index in [1.165, 1.54) is 25.9 Å². The summed E-state index contributed by atoms with van der Waals surface area (Å²) in [5.41, 5.74) is 0.678. The van der Waals surface area contributed by atoms with Crippen molar-refractivity contribution < 1.29 is 4.79 Å². The second kappa shape index (κ2) is 5.79. The third-order valence-electron chi connectivity index (χ3n) is 4.38. The molecule has 3 rings (SSSR count). The van der Waals surface area contributed by atoms with E-state index >= 15 is 0 Å². The molecule has 0 aromatic carbocycles. The van der Waals surface area contributed by atoms with Crippen LogP contribution < -0.4 is 5.32 Å². The molecule has 0 bridgehead atoms. The maximum atomic E-state index is 12.6. The van der Waals surface area contributed by atoms with Crippen molar-refractivity contribution in [3.05, 3.63) is 23.9 Å². The minimum Gasteiger partial charge on any atom is -0.372 e. The quantitative estimate of drug-likeness (QED) is 0.906. The minimum absolute atomic E-state index is 0.101. The topological polar surface area (TPSA) is 48.5 Å². The monoisotopic (exact) mass is 274 g/mol. The summed E-state index contributed by atoms with van der Waals surface area (Å²) < 4.78 is 0. The van der Waals surface area contributed by atoms with Gasteiger partial charge in [0.05, 0.1) is 5.56 Å². The lowest BCUT2D eigenvalue weighted by molar-refractivity contribution is 0.0780. The van der Waals surface area contributed by atoms with E-state index in [0.717, 1.165) is 19.5 Å². The summed E-state index contributed by atoms with van der Waals surface area (Å²) in [7, 11) is 1.80. The Balaban J connectivity index is 1.69. The molecule has 108 valence electrons. The normalized spacial score (nSPS) is 23.2. The molecule has 3 heterocycles. The summed E-state index contributed by atoms with van der Waals surface area (Å²) in [4.78, 5) is 21.3. The molecule has 1 aromatic rings. The Hall–Kier alpha value is -1.62. The van der Waals surface area contributed by atoms with Crippen molar-refractivity contribution in [1.29, 1.82) is 0 Å². The molecule has 1 atom stereocenters. The Morgan fingerprint density at radius 2 is 2.15 bits per heavy atom. The first-order valence-corrected chi connectivity index (χ1v) is 7.45. The zero-order valence-corrected chi connectivity index (χ0v) is 12.0. The summed E-state index contributed by atoms with van der Waals surface area (Å²) in [6.45, 7) is 4.11. The van der Waals surface area contributed by atoms with Crippen LogP contribution in [0.1, 0.15) is 29.6 Å². The Morgan fingerprint density at radius 1 is 1.35 bits per heavy atom. The van der Waals surface area contributed by atoms with Crippen molar-refractivity contribution in [2.75, 3.05) is 38.5 Å². The maximum absolute atomic E-state index is 12.6. The van der Waals surface area contributed by atoms with Gasteiger partial charge in [-0.15, -0.1) is 0 Å². The van der Waals surface area contributed by atoms with Gasteiger partial charge in [0.2, 0.25) is 0 Å². The number of amides is 1. The van der Waals surface area contributed by atoms with E-state index in [-0.39, 0.29) is 5.91 Å². The minimum atomic E-state index is 0.101. The number of nitrogens with zero attached hydrogens (tertiary/aromatic N) is 3. The predicted octanol–water partition coefficient (Wildman–Crippen LogP) is 1.43. The number of carbonyl (C=O) groups excluding carboxylic acids is 1. The average Bonchev–Trinajstić information content (AvgIpc) is 3.16. The van der Waals surface area contributed by atoms with Gasteiger partial charge >= 0.3 is 0 Å². The molecule has 1 aromatic heterocycles. The van der Waals surface area contributed by atoms with Gasteiger partial charge in [0, 0.05) is 32.4 Å². The van der Waals surface area contributed by atoms with Gasteiger partial charge in [-0.05, 0) is 44.5 Å². The van der Waals surface area contributed by atoms with Crippen molar-refractivity contribution in [1.82, 2.24) is 14.8 Å². The van der Waals surface area contributed by atoms with Crippen LogP contribution in [0.25, 0.3) is 0 Å². The molecule has 5 heteroatoms. The number of pyridine rings is 1. The number of hydrogen-bond donors (Lipinski definition) is 1. The standard InChI is InChI=1S/C15H22N4O/c1-16-14-13(5-4-7-17-14)15(20)19-10-6-12(11-19)18-8-2-3-9-18/h4-5,7,12H,2-3,6,8-11H2,1H3,(H,16,17). The molecular weight excluding hydrogens is 252 g/mol. The molecule has 2 aliphatic rings. The molecule has 1 unspecified atom stereocenters. The Labute approximate surface area is 120 Å². The van der Waals surface area contributed by atoms with E-state index in [9.17, 15) is 4.79 Å². The van der Waals surface area contributed by atoms with Crippen LogP contribution in [-0.2, 0) is 0 Å². The van der Waals surface area contributed by atoms with Gasteiger partial charge in [-0.2, -0.15) is 0 Å². The number of rotatable bonds is 3. The van der Waals surface area contributed by atoms with E-state index in [1.54, 1.807) is 13.2 Å². The van der Waals surface area contributed by atoms with E-state index < -0.39 is 0 Å². The molecule has 0 saturated carbocycles. The highest BCUT2D eigenvalue weighted by Crippen LogP contribution is 2.23. The van der Waals surface area contributed by atoms with Gasteiger partial charge in [-0.3, -0.25) is 9.69 Å². The number of aromatic nitrogens is 1. The fourth-order valence-corrected chi connectivity index (χ4v) is 3.28. The van der Waals surface area contributed by atoms with Crippen LogP contribution in [0.15, 0.2) is 18.3 Å². The van der Waals surface area contributed by atoms with Crippen molar-refractivity contribution in [3.63, 3.8) is 0 Å². The first-order valence-electron chi connectivity index (χ1n) is 7.45. The molecule has 2 saturated heterocycles. The average molecular weight is 274 g/mol. The second-order valence-corrected chi connectivity index (χ2v) is 5.59. The summed E-state index contributed by atoms with van der Waals surface area (Å²) >= 11 is 0. The Kier molecular flexibility index (Phi) is 3.87. The van der Waals surface area contributed by atoms with Crippen molar-refractivity contribution in [2.45, 2.75) is 25.3 Å². The molecule has 0 aliphatic carbocycles. The van der Waals surface area contributed by atoms with Crippen LogP contribution in [0, 0.1) is 0 Å². The predicted molar refractivity (Wildman–Crippen MR) is 78.9 cm³/mol. The molecule has 0 radical (unpaired) electrons. The smallest absolute Gasteiger partial charge is 0.257 e. The zero-order valence-electron chi connectivity index (χ0n) is 12.0. The van der Waals surface area contributed by atoms with Gasteiger partial charge in [0.25, 0.3) is 5.91 Å². The molecule has 0 spiro atoms. The van der Waals surface area contributed by atoms with Gasteiger partial charge < -0.3 is 10.2 Å². The summed E-state index contributed by atoms with van der Waals surface area (Å²) in [5, 5.41) is 3.00. The van der Waals surface area contributed by atoms with Crippen molar-refractivity contribution in [2.24, 2.45) is 0 Å². The van der Waals surface area contributed by atoms with Gasteiger partial charge in [-0.25, -0.2) is 4.98 Å².